The van der Waals surface area contributed by atoms with E-state index in [1.54, 1.807) is 41.7 Å². The zero-order chi connectivity index (χ0) is 18.1. The molecule has 0 unspecified atom stereocenters. The van der Waals surface area contributed by atoms with E-state index in [1.165, 1.54) is 0 Å². The van der Waals surface area contributed by atoms with Gasteiger partial charge in [0.2, 0.25) is 9.84 Å². The number of rotatable bonds is 5. The second-order valence-corrected chi connectivity index (χ2v) is 8.86. The summed E-state index contributed by atoms with van der Waals surface area (Å²) in [5.41, 5.74) is 8.43. The fourth-order valence-corrected chi connectivity index (χ4v) is 5.41. The molecule has 4 rings (SSSR count). The number of nitrogens with one attached hydrogen (secondary N) is 1. The summed E-state index contributed by atoms with van der Waals surface area (Å²) in [7, 11) is -3.63. The molecule has 3 N–H and O–H groups in total. The van der Waals surface area contributed by atoms with Crippen LogP contribution in [0.4, 0.5) is 0 Å². The number of hydrogen-bond acceptors (Lipinski definition) is 4. The number of sulfone groups is 1. The summed E-state index contributed by atoms with van der Waals surface area (Å²) in [5, 5.41) is 3.19. The molecule has 0 saturated carbocycles. The lowest BCUT2D eigenvalue weighted by Crippen LogP contribution is -2.09. The minimum atomic E-state index is -3.63. The van der Waals surface area contributed by atoms with Gasteiger partial charge in [-0.1, -0.05) is 30.3 Å². The molecule has 0 radical (unpaired) electrons. The number of benzene rings is 2. The van der Waals surface area contributed by atoms with Crippen LogP contribution in [-0.2, 0) is 16.3 Å². The Morgan fingerprint density at radius 2 is 1.81 bits per heavy atom. The molecule has 4 aromatic rings. The molecule has 0 aliphatic carbocycles. The first-order chi connectivity index (χ1) is 12.6. The molecule has 0 bridgehead atoms. The van der Waals surface area contributed by atoms with Crippen LogP contribution >= 0.6 is 11.3 Å². The van der Waals surface area contributed by atoms with Crippen molar-refractivity contribution in [2.24, 2.45) is 5.73 Å². The molecule has 0 fully saturated rings. The molecule has 26 heavy (non-hydrogen) atoms. The lowest BCUT2D eigenvalue weighted by molar-refractivity contribution is 0.592. The highest BCUT2D eigenvalue weighted by molar-refractivity contribution is 7.91. The van der Waals surface area contributed by atoms with Crippen molar-refractivity contribution in [1.82, 2.24) is 4.98 Å². The van der Waals surface area contributed by atoms with Gasteiger partial charge in [0, 0.05) is 15.8 Å². The van der Waals surface area contributed by atoms with Crippen LogP contribution in [0.15, 0.2) is 76.0 Å². The van der Waals surface area contributed by atoms with Crippen LogP contribution in [0, 0.1) is 0 Å². The molecular formula is C20H18N2O2S2. The van der Waals surface area contributed by atoms with Crippen molar-refractivity contribution in [3.63, 3.8) is 0 Å². The van der Waals surface area contributed by atoms with E-state index in [4.69, 9.17) is 5.73 Å². The number of H-pyrrole nitrogens is 1. The molecule has 2 aromatic heterocycles. The molecule has 0 spiro atoms. The Morgan fingerprint density at radius 3 is 2.50 bits per heavy atom. The Balaban J connectivity index is 1.94. The molecule has 132 valence electrons. The fourth-order valence-electron chi connectivity index (χ4n) is 3.16. The molecular weight excluding hydrogens is 364 g/mol. The lowest BCUT2D eigenvalue weighted by Gasteiger charge is -2.06. The molecule has 0 saturated heterocycles. The third-order valence-electron chi connectivity index (χ3n) is 4.39. The van der Waals surface area contributed by atoms with Crippen molar-refractivity contribution < 1.29 is 8.42 Å². The van der Waals surface area contributed by atoms with E-state index in [-0.39, 0.29) is 9.92 Å². The summed E-state index contributed by atoms with van der Waals surface area (Å²) < 4.78 is 26.3. The van der Waals surface area contributed by atoms with E-state index in [9.17, 15) is 8.42 Å². The first-order valence-electron chi connectivity index (χ1n) is 8.30. The normalized spacial score (nSPS) is 11.9. The third kappa shape index (κ3) is 2.86. The molecule has 6 heteroatoms. The van der Waals surface area contributed by atoms with Crippen LogP contribution < -0.4 is 5.73 Å². The average Bonchev–Trinajstić information content (AvgIpc) is 3.31. The Labute approximate surface area is 156 Å². The van der Waals surface area contributed by atoms with E-state index < -0.39 is 9.84 Å². The Kier molecular flexibility index (Phi) is 4.40. The van der Waals surface area contributed by atoms with Crippen LogP contribution in [-0.4, -0.2) is 19.9 Å². The maximum Gasteiger partial charge on any atom is 0.222 e. The van der Waals surface area contributed by atoms with Gasteiger partial charge in [-0.2, -0.15) is 0 Å². The van der Waals surface area contributed by atoms with E-state index in [1.807, 2.05) is 29.6 Å². The summed E-state index contributed by atoms with van der Waals surface area (Å²) in [4.78, 5) is 4.55. The monoisotopic (exact) mass is 382 g/mol. The quantitative estimate of drug-likeness (QED) is 0.542. The molecule has 0 aliphatic heterocycles. The van der Waals surface area contributed by atoms with Gasteiger partial charge in [0.15, 0.2) is 0 Å². The largest absolute Gasteiger partial charge is 0.345 e. The number of hydrogen-bond donors (Lipinski definition) is 2. The van der Waals surface area contributed by atoms with Gasteiger partial charge in [-0.05, 0) is 59.8 Å². The highest BCUT2D eigenvalue weighted by Crippen LogP contribution is 2.34. The van der Waals surface area contributed by atoms with Gasteiger partial charge >= 0.3 is 0 Å². The van der Waals surface area contributed by atoms with Gasteiger partial charge in [0.25, 0.3) is 0 Å². The van der Waals surface area contributed by atoms with Gasteiger partial charge in [-0.15, -0.1) is 11.3 Å². The van der Waals surface area contributed by atoms with Crippen molar-refractivity contribution in [3.8, 4) is 10.4 Å². The Bertz CT molecular complexity index is 1150. The van der Waals surface area contributed by atoms with Crippen LogP contribution in [0.1, 0.15) is 5.56 Å². The molecule has 0 atom stereocenters. The lowest BCUT2D eigenvalue weighted by atomic mass is 10.1. The Morgan fingerprint density at radius 1 is 1.00 bits per heavy atom. The van der Waals surface area contributed by atoms with Crippen LogP contribution in [0.5, 0.6) is 0 Å². The minimum absolute atomic E-state index is 0.243. The topological polar surface area (TPSA) is 76.0 Å². The summed E-state index contributed by atoms with van der Waals surface area (Å²) in [5.74, 6) is 0. The summed E-state index contributed by atoms with van der Waals surface area (Å²) in [6, 6.07) is 18.6. The van der Waals surface area contributed by atoms with Crippen molar-refractivity contribution in [3.05, 3.63) is 71.6 Å². The van der Waals surface area contributed by atoms with Gasteiger partial charge in [0.05, 0.1) is 4.90 Å². The maximum atomic E-state index is 13.1. The van der Waals surface area contributed by atoms with E-state index in [0.717, 1.165) is 26.9 Å². The first kappa shape index (κ1) is 17.0. The maximum absolute atomic E-state index is 13.1. The highest BCUT2D eigenvalue weighted by Gasteiger charge is 2.25. The smallest absolute Gasteiger partial charge is 0.222 e. The molecule has 0 amide bonds. The van der Waals surface area contributed by atoms with Crippen molar-refractivity contribution in [1.29, 1.82) is 0 Å². The average molecular weight is 383 g/mol. The zero-order valence-corrected chi connectivity index (χ0v) is 15.6. The number of nitrogens with two attached hydrogens (primary N) is 1. The number of aromatic amines is 1. The van der Waals surface area contributed by atoms with Crippen molar-refractivity contribution in [2.45, 2.75) is 16.3 Å². The molecule has 2 aromatic carbocycles. The molecule has 0 aliphatic rings. The molecule has 2 heterocycles. The number of thiophene rings is 1. The summed E-state index contributed by atoms with van der Waals surface area (Å²) in [6.45, 7) is 0.382. The van der Waals surface area contributed by atoms with Gasteiger partial charge < -0.3 is 10.7 Å². The van der Waals surface area contributed by atoms with Crippen molar-refractivity contribution >= 4 is 32.1 Å². The van der Waals surface area contributed by atoms with Crippen molar-refractivity contribution in [2.75, 3.05) is 6.54 Å². The van der Waals surface area contributed by atoms with Gasteiger partial charge in [0.1, 0.15) is 5.03 Å². The SMILES string of the molecule is NCCc1c(S(=O)(=O)c2ccccc2)[nH]c2ccc(-c3cccs3)cc12. The number of aromatic nitrogens is 1. The van der Waals surface area contributed by atoms with Crippen LogP contribution in [0.2, 0.25) is 0 Å². The summed E-state index contributed by atoms with van der Waals surface area (Å²) in [6.07, 6.45) is 0.495. The summed E-state index contributed by atoms with van der Waals surface area (Å²) >= 11 is 1.66. The van der Waals surface area contributed by atoms with Crippen LogP contribution in [0.3, 0.4) is 0 Å². The number of fused-ring (bicyclic) bond motifs is 1. The second kappa shape index (κ2) is 6.72. The first-order valence-corrected chi connectivity index (χ1v) is 10.7. The third-order valence-corrected chi connectivity index (χ3v) is 7.09. The fraction of sp³-hybridized carbons (Fsp3) is 0.100. The van der Waals surface area contributed by atoms with E-state index in [2.05, 4.69) is 11.1 Å². The van der Waals surface area contributed by atoms with Crippen LogP contribution in [0.25, 0.3) is 21.3 Å². The minimum Gasteiger partial charge on any atom is -0.345 e. The van der Waals surface area contributed by atoms with E-state index in [0.29, 0.717) is 13.0 Å². The second-order valence-electron chi connectivity index (χ2n) is 6.03. The Hall–Kier alpha value is -2.41. The molecule has 4 nitrogen and oxygen atoms in total. The zero-order valence-electron chi connectivity index (χ0n) is 14.0. The van der Waals surface area contributed by atoms with Gasteiger partial charge in [-0.3, -0.25) is 0 Å². The predicted octanol–water partition coefficient (Wildman–Crippen LogP) is 4.23. The highest BCUT2D eigenvalue weighted by atomic mass is 32.2. The van der Waals surface area contributed by atoms with E-state index >= 15 is 0 Å². The predicted molar refractivity (Wildman–Crippen MR) is 106 cm³/mol. The van der Waals surface area contributed by atoms with Gasteiger partial charge in [-0.25, -0.2) is 8.42 Å². The standard InChI is InChI=1S/C20H18N2O2S2/c21-11-10-16-17-13-14(19-7-4-12-25-19)8-9-18(17)22-20(16)26(23,24)15-5-2-1-3-6-15/h1-9,12-13,22H,10-11,21H2.